The molecular formula is C19H32IN5. The van der Waals surface area contributed by atoms with E-state index in [1.165, 1.54) is 12.0 Å². The van der Waals surface area contributed by atoms with Crippen molar-refractivity contribution in [2.45, 2.75) is 25.9 Å². The van der Waals surface area contributed by atoms with E-state index in [0.29, 0.717) is 6.04 Å². The van der Waals surface area contributed by atoms with Crippen molar-refractivity contribution in [3.8, 4) is 0 Å². The summed E-state index contributed by atoms with van der Waals surface area (Å²) in [6, 6.07) is 11.4. The number of hydrogen-bond acceptors (Lipinski definition) is 3. The first-order valence-corrected chi connectivity index (χ1v) is 9.20. The first-order valence-electron chi connectivity index (χ1n) is 9.20. The number of guanidine groups is 1. The van der Waals surface area contributed by atoms with Crippen molar-refractivity contribution < 1.29 is 0 Å². The van der Waals surface area contributed by atoms with Gasteiger partial charge in [-0.15, -0.1) is 24.0 Å². The van der Waals surface area contributed by atoms with Crippen LogP contribution in [-0.2, 0) is 6.54 Å². The number of nitrogens with zero attached hydrogens (tertiary/aromatic N) is 3. The molecule has 6 heteroatoms. The molecular weight excluding hydrogens is 425 g/mol. The SMILES string of the molecule is CN=C(NCCN1CCN(Cc2ccccc2)CC1)NC1CC1C.I. The van der Waals surface area contributed by atoms with Crippen LogP contribution in [-0.4, -0.2) is 68.1 Å². The Kier molecular flexibility index (Phi) is 8.45. The van der Waals surface area contributed by atoms with Gasteiger partial charge in [0.1, 0.15) is 0 Å². The van der Waals surface area contributed by atoms with E-state index in [1.807, 2.05) is 7.05 Å². The van der Waals surface area contributed by atoms with Crippen LogP contribution in [0.1, 0.15) is 18.9 Å². The van der Waals surface area contributed by atoms with E-state index in [0.717, 1.165) is 57.7 Å². The van der Waals surface area contributed by atoms with Gasteiger partial charge in [0, 0.05) is 58.9 Å². The van der Waals surface area contributed by atoms with Crippen LogP contribution >= 0.6 is 24.0 Å². The molecule has 3 rings (SSSR count). The molecule has 2 aliphatic rings. The maximum atomic E-state index is 4.31. The van der Waals surface area contributed by atoms with Gasteiger partial charge in [-0.2, -0.15) is 0 Å². The van der Waals surface area contributed by atoms with E-state index in [2.05, 4.69) is 62.7 Å². The van der Waals surface area contributed by atoms with E-state index in [9.17, 15) is 0 Å². The fourth-order valence-electron chi connectivity index (χ4n) is 3.24. The molecule has 1 aliphatic carbocycles. The molecule has 1 aliphatic heterocycles. The van der Waals surface area contributed by atoms with Crippen molar-refractivity contribution in [2.75, 3.05) is 46.3 Å². The largest absolute Gasteiger partial charge is 0.355 e. The van der Waals surface area contributed by atoms with Gasteiger partial charge >= 0.3 is 0 Å². The van der Waals surface area contributed by atoms with Gasteiger partial charge in [0.15, 0.2) is 5.96 Å². The second kappa shape index (κ2) is 10.3. The number of benzene rings is 1. The highest BCUT2D eigenvalue weighted by atomic mass is 127. The molecule has 0 bridgehead atoms. The first kappa shape index (κ1) is 20.5. The molecule has 1 saturated heterocycles. The monoisotopic (exact) mass is 457 g/mol. The molecule has 1 saturated carbocycles. The standard InChI is InChI=1S/C19H31N5.HI/c1-16-14-18(16)22-19(20-2)21-8-9-23-10-12-24(13-11-23)15-17-6-4-3-5-7-17;/h3-7,16,18H,8-15H2,1-2H3,(H2,20,21,22);1H. The lowest BCUT2D eigenvalue weighted by atomic mass is 10.2. The topological polar surface area (TPSA) is 42.9 Å². The maximum Gasteiger partial charge on any atom is 0.191 e. The zero-order chi connectivity index (χ0) is 16.8. The average Bonchev–Trinajstić information content (AvgIpc) is 3.31. The van der Waals surface area contributed by atoms with Crippen molar-refractivity contribution in [3.05, 3.63) is 35.9 Å². The van der Waals surface area contributed by atoms with Gasteiger partial charge in [-0.05, 0) is 17.9 Å². The molecule has 0 spiro atoms. The van der Waals surface area contributed by atoms with Crippen molar-refractivity contribution in [1.82, 2.24) is 20.4 Å². The maximum absolute atomic E-state index is 4.31. The summed E-state index contributed by atoms with van der Waals surface area (Å²) in [6.45, 7) is 10.0. The number of halogens is 1. The van der Waals surface area contributed by atoms with Crippen LogP contribution in [0.4, 0.5) is 0 Å². The predicted octanol–water partition coefficient (Wildman–Crippen LogP) is 2.00. The van der Waals surface area contributed by atoms with Crippen LogP contribution in [0.5, 0.6) is 0 Å². The molecule has 2 fully saturated rings. The summed E-state index contributed by atoms with van der Waals surface area (Å²) in [7, 11) is 1.85. The number of aliphatic imine (C=N–C) groups is 1. The number of piperazine rings is 1. The highest BCUT2D eigenvalue weighted by Crippen LogP contribution is 2.28. The molecule has 5 nitrogen and oxygen atoms in total. The third-order valence-corrected chi connectivity index (χ3v) is 5.09. The minimum Gasteiger partial charge on any atom is -0.355 e. The Balaban J connectivity index is 0.00000225. The second-order valence-corrected chi connectivity index (χ2v) is 7.07. The van der Waals surface area contributed by atoms with E-state index in [4.69, 9.17) is 0 Å². The molecule has 1 aromatic rings. The highest BCUT2D eigenvalue weighted by molar-refractivity contribution is 14.0. The van der Waals surface area contributed by atoms with Gasteiger partial charge in [0.2, 0.25) is 0 Å². The summed E-state index contributed by atoms with van der Waals surface area (Å²) in [6.07, 6.45) is 1.27. The summed E-state index contributed by atoms with van der Waals surface area (Å²) in [4.78, 5) is 9.40. The predicted molar refractivity (Wildman–Crippen MR) is 116 cm³/mol. The van der Waals surface area contributed by atoms with Gasteiger partial charge in [-0.1, -0.05) is 37.3 Å². The van der Waals surface area contributed by atoms with Crippen LogP contribution in [0.2, 0.25) is 0 Å². The van der Waals surface area contributed by atoms with E-state index in [1.54, 1.807) is 0 Å². The average molecular weight is 457 g/mol. The molecule has 0 radical (unpaired) electrons. The Morgan fingerprint density at radius 3 is 2.36 bits per heavy atom. The van der Waals surface area contributed by atoms with Crippen molar-refractivity contribution in [3.63, 3.8) is 0 Å². The fraction of sp³-hybridized carbons (Fsp3) is 0.632. The van der Waals surface area contributed by atoms with Crippen LogP contribution in [0, 0.1) is 5.92 Å². The van der Waals surface area contributed by atoms with Gasteiger partial charge in [0.25, 0.3) is 0 Å². The van der Waals surface area contributed by atoms with Crippen molar-refractivity contribution in [2.24, 2.45) is 10.9 Å². The Morgan fingerprint density at radius 1 is 1.12 bits per heavy atom. The van der Waals surface area contributed by atoms with Gasteiger partial charge < -0.3 is 10.6 Å². The Bertz CT molecular complexity index is 528. The molecule has 1 aromatic carbocycles. The molecule has 2 N–H and O–H groups in total. The summed E-state index contributed by atoms with van der Waals surface area (Å²) in [5, 5.41) is 6.92. The van der Waals surface area contributed by atoms with E-state index >= 15 is 0 Å². The second-order valence-electron chi connectivity index (χ2n) is 7.07. The fourth-order valence-corrected chi connectivity index (χ4v) is 3.24. The third-order valence-electron chi connectivity index (χ3n) is 5.09. The molecule has 0 amide bonds. The molecule has 1 heterocycles. The normalized spacial score (nSPS) is 24.5. The van der Waals surface area contributed by atoms with Gasteiger partial charge in [0.05, 0.1) is 0 Å². The lowest BCUT2D eigenvalue weighted by Gasteiger charge is -2.34. The molecule has 2 atom stereocenters. The summed E-state index contributed by atoms with van der Waals surface area (Å²) in [5.41, 5.74) is 1.41. The van der Waals surface area contributed by atoms with Crippen molar-refractivity contribution in [1.29, 1.82) is 0 Å². The third kappa shape index (κ3) is 6.75. The molecule has 0 aromatic heterocycles. The van der Waals surface area contributed by atoms with E-state index in [-0.39, 0.29) is 24.0 Å². The molecule has 2 unspecified atom stereocenters. The highest BCUT2D eigenvalue weighted by Gasteiger charge is 2.33. The first-order chi connectivity index (χ1) is 11.7. The van der Waals surface area contributed by atoms with Gasteiger partial charge in [-0.25, -0.2) is 0 Å². The lowest BCUT2D eigenvalue weighted by Crippen LogP contribution is -2.49. The number of nitrogens with one attached hydrogen (secondary N) is 2. The Morgan fingerprint density at radius 2 is 1.76 bits per heavy atom. The number of hydrogen-bond donors (Lipinski definition) is 2. The zero-order valence-electron chi connectivity index (χ0n) is 15.4. The van der Waals surface area contributed by atoms with Crippen molar-refractivity contribution >= 4 is 29.9 Å². The Hall–Kier alpha value is -0.860. The summed E-state index contributed by atoms with van der Waals surface area (Å²) in [5.74, 6) is 1.74. The minimum atomic E-state index is 0. The summed E-state index contributed by atoms with van der Waals surface area (Å²) >= 11 is 0. The zero-order valence-corrected chi connectivity index (χ0v) is 17.8. The van der Waals surface area contributed by atoms with Crippen LogP contribution in [0.25, 0.3) is 0 Å². The smallest absolute Gasteiger partial charge is 0.191 e. The van der Waals surface area contributed by atoms with Crippen LogP contribution < -0.4 is 10.6 Å². The molecule has 140 valence electrons. The Labute approximate surface area is 169 Å². The van der Waals surface area contributed by atoms with Crippen LogP contribution in [0.15, 0.2) is 35.3 Å². The van der Waals surface area contributed by atoms with Gasteiger partial charge in [-0.3, -0.25) is 14.8 Å². The lowest BCUT2D eigenvalue weighted by molar-refractivity contribution is 0.129. The summed E-state index contributed by atoms with van der Waals surface area (Å²) < 4.78 is 0. The minimum absolute atomic E-state index is 0. The quantitative estimate of drug-likeness (QED) is 0.390. The molecule has 25 heavy (non-hydrogen) atoms. The number of rotatable bonds is 6. The van der Waals surface area contributed by atoms with Crippen LogP contribution in [0.3, 0.4) is 0 Å². The van der Waals surface area contributed by atoms with E-state index < -0.39 is 0 Å².